The lowest BCUT2D eigenvalue weighted by Gasteiger charge is -2.23. The van der Waals surface area contributed by atoms with Crippen LogP contribution in [0.2, 0.25) is 0 Å². The lowest BCUT2D eigenvalue weighted by Crippen LogP contribution is -2.32. The van der Waals surface area contributed by atoms with Gasteiger partial charge in [-0.25, -0.2) is 0 Å². The molecule has 2 nitrogen and oxygen atoms in total. The molecule has 0 aliphatic rings. The van der Waals surface area contributed by atoms with Crippen LogP contribution in [-0.2, 0) is 4.74 Å². The second-order valence-corrected chi connectivity index (χ2v) is 5.39. The van der Waals surface area contributed by atoms with Crippen molar-refractivity contribution in [3.05, 3.63) is 22.4 Å². The van der Waals surface area contributed by atoms with E-state index in [-0.39, 0.29) is 6.10 Å². The zero-order chi connectivity index (χ0) is 12.0. The maximum atomic E-state index is 5.53. The summed E-state index contributed by atoms with van der Waals surface area (Å²) in [4.78, 5) is 1.42. The smallest absolute Gasteiger partial charge is 0.0671 e. The molecule has 0 saturated heterocycles. The van der Waals surface area contributed by atoms with E-state index in [1.165, 1.54) is 4.88 Å². The fourth-order valence-electron chi connectivity index (χ4n) is 1.77. The molecule has 0 aliphatic carbocycles. The van der Waals surface area contributed by atoms with Crippen LogP contribution in [0.25, 0.3) is 0 Å². The number of rotatable bonds is 7. The molecule has 0 aliphatic heterocycles. The van der Waals surface area contributed by atoms with Crippen molar-refractivity contribution >= 4 is 11.3 Å². The van der Waals surface area contributed by atoms with Crippen molar-refractivity contribution in [2.75, 3.05) is 13.2 Å². The van der Waals surface area contributed by atoms with Gasteiger partial charge in [0.1, 0.15) is 0 Å². The van der Waals surface area contributed by atoms with Crippen molar-refractivity contribution in [3.8, 4) is 0 Å². The lowest BCUT2D eigenvalue weighted by atomic mass is 10.0. The van der Waals surface area contributed by atoms with Crippen LogP contribution in [0, 0.1) is 5.92 Å². The SMILES string of the molecule is CCOC(C)CNC(c1cccs1)C(C)C. The molecule has 0 bridgehead atoms. The molecule has 0 fully saturated rings. The second-order valence-electron chi connectivity index (χ2n) is 4.41. The Kier molecular flexibility index (Phi) is 6.03. The van der Waals surface area contributed by atoms with Gasteiger partial charge in [0, 0.05) is 24.1 Å². The highest BCUT2D eigenvalue weighted by molar-refractivity contribution is 7.10. The zero-order valence-corrected chi connectivity index (χ0v) is 11.5. The number of hydrogen-bond acceptors (Lipinski definition) is 3. The molecule has 0 saturated carbocycles. The monoisotopic (exact) mass is 241 g/mol. The highest BCUT2D eigenvalue weighted by atomic mass is 32.1. The molecule has 1 heterocycles. The summed E-state index contributed by atoms with van der Waals surface area (Å²) < 4.78 is 5.53. The second kappa shape index (κ2) is 7.05. The van der Waals surface area contributed by atoms with E-state index >= 15 is 0 Å². The number of ether oxygens (including phenoxy) is 1. The maximum absolute atomic E-state index is 5.53. The van der Waals surface area contributed by atoms with Gasteiger partial charge in [0.15, 0.2) is 0 Å². The van der Waals surface area contributed by atoms with Gasteiger partial charge in [-0.15, -0.1) is 11.3 Å². The summed E-state index contributed by atoms with van der Waals surface area (Å²) in [7, 11) is 0. The van der Waals surface area contributed by atoms with Gasteiger partial charge in [-0.05, 0) is 31.2 Å². The molecule has 1 aromatic heterocycles. The van der Waals surface area contributed by atoms with E-state index in [2.05, 4.69) is 43.6 Å². The molecule has 92 valence electrons. The summed E-state index contributed by atoms with van der Waals surface area (Å²) in [6.07, 6.45) is 0.284. The average Bonchev–Trinajstić information content (AvgIpc) is 2.71. The van der Waals surface area contributed by atoms with E-state index in [0.717, 1.165) is 13.2 Å². The third-order valence-electron chi connectivity index (χ3n) is 2.59. The predicted molar refractivity (Wildman–Crippen MR) is 71.0 cm³/mol. The third kappa shape index (κ3) is 4.24. The number of hydrogen-bond donors (Lipinski definition) is 1. The van der Waals surface area contributed by atoms with Crippen molar-refractivity contribution in [1.29, 1.82) is 0 Å². The van der Waals surface area contributed by atoms with E-state index in [1.807, 2.05) is 18.3 Å². The minimum Gasteiger partial charge on any atom is -0.377 e. The van der Waals surface area contributed by atoms with E-state index in [0.29, 0.717) is 12.0 Å². The molecule has 16 heavy (non-hydrogen) atoms. The summed E-state index contributed by atoms with van der Waals surface area (Å²) >= 11 is 1.82. The highest BCUT2D eigenvalue weighted by Crippen LogP contribution is 2.25. The zero-order valence-electron chi connectivity index (χ0n) is 10.7. The molecule has 0 radical (unpaired) electrons. The topological polar surface area (TPSA) is 21.3 Å². The Morgan fingerprint density at radius 3 is 2.62 bits per heavy atom. The molecule has 0 amide bonds. The first-order valence-corrected chi connectivity index (χ1v) is 6.91. The van der Waals surface area contributed by atoms with Gasteiger partial charge in [-0.1, -0.05) is 19.9 Å². The van der Waals surface area contributed by atoms with E-state index < -0.39 is 0 Å². The van der Waals surface area contributed by atoms with Crippen LogP contribution in [0.3, 0.4) is 0 Å². The Bertz CT molecular complexity index is 271. The molecule has 1 rings (SSSR count). The van der Waals surface area contributed by atoms with Crippen molar-refractivity contribution < 1.29 is 4.74 Å². The fraction of sp³-hybridized carbons (Fsp3) is 0.692. The summed E-state index contributed by atoms with van der Waals surface area (Å²) in [5, 5.41) is 5.73. The molecule has 3 heteroatoms. The Morgan fingerprint density at radius 2 is 2.12 bits per heavy atom. The summed E-state index contributed by atoms with van der Waals surface area (Å²) in [5.41, 5.74) is 0. The van der Waals surface area contributed by atoms with Crippen molar-refractivity contribution in [2.24, 2.45) is 5.92 Å². The van der Waals surface area contributed by atoms with E-state index in [1.54, 1.807) is 0 Å². The predicted octanol–water partition coefficient (Wildman–Crippen LogP) is 3.46. The lowest BCUT2D eigenvalue weighted by molar-refractivity contribution is 0.0726. The van der Waals surface area contributed by atoms with Crippen LogP contribution >= 0.6 is 11.3 Å². The van der Waals surface area contributed by atoms with Gasteiger partial charge in [-0.2, -0.15) is 0 Å². The quantitative estimate of drug-likeness (QED) is 0.789. The largest absolute Gasteiger partial charge is 0.377 e. The molecule has 2 unspecified atom stereocenters. The summed E-state index contributed by atoms with van der Waals surface area (Å²) in [5.74, 6) is 0.604. The number of nitrogens with one attached hydrogen (secondary N) is 1. The van der Waals surface area contributed by atoms with Crippen LogP contribution in [0.4, 0.5) is 0 Å². The van der Waals surface area contributed by atoms with E-state index in [4.69, 9.17) is 4.74 Å². The van der Waals surface area contributed by atoms with Crippen LogP contribution < -0.4 is 5.32 Å². The van der Waals surface area contributed by atoms with Crippen molar-refractivity contribution in [1.82, 2.24) is 5.32 Å². The minimum absolute atomic E-state index is 0.284. The molecular formula is C13H23NOS. The Hall–Kier alpha value is -0.380. The molecular weight excluding hydrogens is 218 g/mol. The standard InChI is InChI=1S/C13H23NOS/c1-5-15-11(4)9-14-13(10(2)3)12-7-6-8-16-12/h6-8,10-11,13-14H,5,9H2,1-4H3. The summed E-state index contributed by atoms with van der Waals surface area (Å²) in [6.45, 7) is 10.4. The molecule has 0 aromatic carbocycles. The highest BCUT2D eigenvalue weighted by Gasteiger charge is 2.16. The Morgan fingerprint density at radius 1 is 1.38 bits per heavy atom. The first-order chi connectivity index (χ1) is 7.65. The van der Waals surface area contributed by atoms with Crippen molar-refractivity contribution in [2.45, 2.75) is 39.8 Å². The van der Waals surface area contributed by atoms with Gasteiger partial charge in [-0.3, -0.25) is 0 Å². The van der Waals surface area contributed by atoms with Gasteiger partial charge in [0.05, 0.1) is 6.10 Å². The first kappa shape index (κ1) is 13.7. The summed E-state index contributed by atoms with van der Waals surface area (Å²) in [6, 6.07) is 4.76. The normalized spacial score (nSPS) is 15.3. The molecule has 2 atom stereocenters. The molecule has 1 N–H and O–H groups in total. The molecule has 1 aromatic rings. The molecule has 0 spiro atoms. The maximum Gasteiger partial charge on any atom is 0.0671 e. The van der Waals surface area contributed by atoms with E-state index in [9.17, 15) is 0 Å². The first-order valence-electron chi connectivity index (χ1n) is 6.03. The van der Waals surface area contributed by atoms with Crippen LogP contribution in [0.1, 0.15) is 38.6 Å². The Balaban J connectivity index is 2.47. The van der Waals surface area contributed by atoms with Crippen LogP contribution in [0.5, 0.6) is 0 Å². The van der Waals surface area contributed by atoms with Crippen LogP contribution in [0.15, 0.2) is 17.5 Å². The minimum atomic E-state index is 0.284. The van der Waals surface area contributed by atoms with Gasteiger partial charge >= 0.3 is 0 Å². The average molecular weight is 241 g/mol. The fourth-order valence-corrected chi connectivity index (χ4v) is 2.74. The van der Waals surface area contributed by atoms with Gasteiger partial charge in [0.2, 0.25) is 0 Å². The van der Waals surface area contributed by atoms with Crippen molar-refractivity contribution in [3.63, 3.8) is 0 Å². The van der Waals surface area contributed by atoms with Gasteiger partial charge < -0.3 is 10.1 Å². The third-order valence-corrected chi connectivity index (χ3v) is 3.55. The van der Waals surface area contributed by atoms with Crippen LogP contribution in [-0.4, -0.2) is 19.3 Å². The number of thiophene rings is 1. The Labute approximate surface area is 103 Å². The van der Waals surface area contributed by atoms with Gasteiger partial charge in [0.25, 0.3) is 0 Å².